The zero-order valence-electron chi connectivity index (χ0n) is 9.69. The van der Waals surface area contributed by atoms with Gasteiger partial charge in [-0.2, -0.15) is 11.8 Å². The first-order valence-electron chi connectivity index (χ1n) is 6.24. The maximum Gasteiger partial charge on any atom is 0.0580 e. The molecule has 0 radical (unpaired) electrons. The van der Waals surface area contributed by atoms with Gasteiger partial charge in [0.2, 0.25) is 0 Å². The van der Waals surface area contributed by atoms with Crippen molar-refractivity contribution >= 4 is 11.8 Å². The lowest BCUT2D eigenvalue weighted by Crippen LogP contribution is -2.42. The molecule has 88 valence electrons. The molecule has 3 atom stereocenters. The van der Waals surface area contributed by atoms with Crippen LogP contribution >= 0.6 is 11.8 Å². The first-order chi connectivity index (χ1) is 7.25. The van der Waals surface area contributed by atoms with Gasteiger partial charge in [0.25, 0.3) is 0 Å². The van der Waals surface area contributed by atoms with Crippen molar-refractivity contribution in [3.8, 4) is 0 Å². The standard InChI is InChI=1S/C12H23NOS/c1-10-2-3-12(14)11(8-10)9-13-4-6-15-7-5-13/h10-12,14H,2-9H2,1H3. The topological polar surface area (TPSA) is 23.5 Å². The van der Waals surface area contributed by atoms with Gasteiger partial charge in [0.15, 0.2) is 0 Å². The highest BCUT2D eigenvalue weighted by Crippen LogP contribution is 2.30. The van der Waals surface area contributed by atoms with E-state index in [1.165, 1.54) is 37.4 Å². The fourth-order valence-corrected chi connectivity index (χ4v) is 3.77. The molecule has 0 aromatic carbocycles. The zero-order valence-corrected chi connectivity index (χ0v) is 10.5. The number of nitrogens with zero attached hydrogens (tertiary/aromatic N) is 1. The molecule has 1 saturated carbocycles. The Balaban J connectivity index is 1.80. The molecule has 1 aliphatic carbocycles. The predicted molar refractivity (Wildman–Crippen MR) is 66.3 cm³/mol. The lowest BCUT2D eigenvalue weighted by molar-refractivity contribution is 0.0323. The Morgan fingerprint density at radius 2 is 2.00 bits per heavy atom. The number of hydrogen-bond acceptors (Lipinski definition) is 3. The highest BCUT2D eigenvalue weighted by atomic mass is 32.2. The Morgan fingerprint density at radius 1 is 1.27 bits per heavy atom. The molecule has 0 bridgehead atoms. The van der Waals surface area contributed by atoms with E-state index >= 15 is 0 Å². The molecule has 2 nitrogen and oxygen atoms in total. The van der Waals surface area contributed by atoms with E-state index < -0.39 is 0 Å². The first kappa shape index (κ1) is 11.7. The van der Waals surface area contributed by atoms with Gasteiger partial charge >= 0.3 is 0 Å². The molecule has 3 heteroatoms. The molecule has 2 aliphatic rings. The Labute approximate surface area is 97.4 Å². The van der Waals surface area contributed by atoms with Crippen LogP contribution in [0, 0.1) is 11.8 Å². The minimum atomic E-state index is -0.0317. The fourth-order valence-electron chi connectivity index (χ4n) is 2.79. The summed E-state index contributed by atoms with van der Waals surface area (Å²) in [6.07, 6.45) is 3.43. The van der Waals surface area contributed by atoms with Crippen molar-refractivity contribution in [2.75, 3.05) is 31.1 Å². The quantitative estimate of drug-likeness (QED) is 0.781. The van der Waals surface area contributed by atoms with Crippen molar-refractivity contribution in [3.05, 3.63) is 0 Å². The van der Waals surface area contributed by atoms with Gasteiger partial charge < -0.3 is 10.0 Å². The summed E-state index contributed by atoms with van der Waals surface area (Å²) >= 11 is 2.06. The first-order valence-corrected chi connectivity index (χ1v) is 7.39. The van der Waals surface area contributed by atoms with Gasteiger partial charge in [-0.15, -0.1) is 0 Å². The van der Waals surface area contributed by atoms with Crippen LogP contribution in [0.25, 0.3) is 0 Å². The van der Waals surface area contributed by atoms with Crippen LogP contribution in [0.2, 0.25) is 0 Å². The summed E-state index contributed by atoms with van der Waals surface area (Å²) in [5, 5.41) is 9.99. The van der Waals surface area contributed by atoms with E-state index in [1.54, 1.807) is 0 Å². The van der Waals surface area contributed by atoms with Gasteiger partial charge in [0.1, 0.15) is 0 Å². The lowest BCUT2D eigenvalue weighted by atomic mass is 9.80. The molecule has 1 saturated heterocycles. The summed E-state index contributed by atoms with van der Waals surface area (Å²) in [5.41, 5.74) is 0. The second-order valence-electron chi connectivity index (χ2n) is 5.16. The normalized spacial score (nSPS) is 39.2. The molecule has 0 aromatic heterocycles. The maximum atomic E-state index is 9.99. The van der Waals surface area contributed by atoms with Crippen molar-refractivity contribution in [1.29, 1.82) is 0 Å². The van der Waals surface area contributed by atoms with Crippen LogP contribution in [-0.4, -0.2) is 47.3 Å². The summed E-state index contributed by atoms with van der Waals surface area (Å²) in [4.78, 5) is 2.54. The highest BCUT2D eigenvalue weighted by molar-refractivity contribution is 7.99. The van der Waals surface area contributed by atoms with Gasteiger partial charge in [-0.1, -0.05) is 6.92 Å². The van der Waals surface area contributed by atoms with Crippen molar-refractivity contribution in [2.45, 2.75) is 32.3 Å². The highest BCUT2D eigenvalue weighted by Gasteiger charge is 2.28. The fraction of sp³-hybridized carbons (Fsp3) is 1.00. The Morgan fingerprint density at radius 3 is 2.73 bits per heavy atom. The summed E-state index contributed by atoms with van der Waals surface area (Å²) in [6, 6.07) is 0. The van der Waals surface area contributed by atoms with Crippen LogP contribution in [0.15, 0.2) is 0 Å². The van der Waals surface area contributed by atoms with E-state index in [2.05, 4.69) is 23.6 Å². The van der Waals surface area contributed by atoms with Gasteiger partial charge in [0.05, 0.1) is 6.10 Å². The summed E-state index contributed by atoms with van der Waals surface area (Å²) in [6.45, 7) is 5.90. The average Bonchev–Trinajstić information content (AvgIpc) is 2.25. The molecular weight excluding hydrogens is 206 g/mol. The van der Waals surface area contributed by atoms with Crippen LogP contribution in [0.3, 0.4) is 0 Å². The van der Waals surface area contributed by atoms with E-state index in [0.717, 1.165) is 18.9 Å². The van der Waals surface area contributed by atoms with Crippen LogP contribution in [0.4, 0.5) is 0 Å². The van der Waals surface area contributed by atoms with Gasteiger partial charge in [-0.3, -0.25) is 0 Å². The smallest absolute Gasteiger partial charge is 0.0580 e. The zero-order chi connectivity index (χ0) is 10.7. The van der Waals surface area contributed by atoms with E-state index in [9.17, 15) is 5.11 Å². The molecule has 1 aliphatic heterocycles. The largest absolute Gasteiger partial charge is 0.393 e. The molecule has 15 heavy (non-hydrogen) atoms. The predicted octanol–water partition coefficient (Wildman–Crippen LogP) is 1.83. The Kier molecular flexibility index (Phi) is 4.35. The van der Waals surface area contributed by atoms with Crippen molar-refractivity contribution < 1.29 is 5.11 Å². The van der Waals surface area contributed by atoms with Crippen LogP contribution in [0.1, 0.15) is 26.2 Å². The van der Waals surface area contributed by atoms with E-state index in [0.29, 0.717) is 5.92 Å². The van der Waals surface area contributed by atoms with Crippen LogP contribution in [0.5, 0.6) is 0 Å². The molecule has 0 amide bonds. The number of hydrogen-bond donors (Lipinski definition) is 1. The van der Waals surface area contributed by atoms with E-state index in [-0.39, 0.29) is 6.10 Å². The minimum Gasteiger partial charge on any atom is -0.393 e. The summed E-state index contributed by atoms with van der Waals surface area (Å²) in [7, 11) is 0. The number of rotatable bonds is 2. The van der Waals surface area contributed by atoms with E-state index in [4.69, 9.17) is 0 Å². The van der Waals surface area contributed by atoms with Crippen molar-refractivity contribution in [3.63, 3.8) is 0 Å². The molecule has 0 spiro atoms. The van der Waals surface area contributed by atoms with E-state index in [1.807, 2.05) is 0 Å². The minimum absolute atomic E-state index is 0.0317. The second-order valence-corrected chi connectivity index (χ2v) is 6.38. The summed E-state index contributed by atoms with van der Waals surface area (Å²) < 4.78 is 0. The lowest BCUT2D eigenvalue weighted by Gasteiger charge is -2.36. The van der Waals surface area contributed by atoms with Crippen LogP contribution < -0.4 is 0 Å². The third-order valence-corrected chi connectivity index (χ3v) is 4.74. The van der Waals surface area contributed by atoms with Crippen molar-refractivity contribution in [1.82, 2.24) is 4.90 Å². The molecule has 1 heterocycles. The van der Waals surface area contributed by atoms with Crippen molar-refractivity contribution in [2.24, 2.45) is 11.8 Å². The number of aliphatic hydroxyl groups is 1. The average molecular weight is 229 g/mol. The SMILES string of the molecule is CC1CCC(O)C(CN2CCSCC2)C1. The third-order valence-electron chi connectivity index (χ3n) is 3.80. The molecule has 1 N–H and O–H groups in total. The molecular formula is C12H23NOS. The summed E-state index contributed by atoms with van der Waals surface area (Å²) in [5.74, 6) is 3.91. The molecule has 2 fully saturated rings. The maximum absolute atomic E-state index is 9.99. The Hall–Kier alpha value is 0.270. The van der Waals surface area contributed by atoms with Gasteiger partial charge in [-0.25, -0.2) is 0 Å². The monoisotopic (exact) mass is 229 g/mol. The van der Waals surface area contributed by atoms with Gasteiger partial charge in [-0.05, 0) is 31.1 Å². The molecule has 3 unspecified atom stereocenters. The molecule has 0 aromatic rings. The molecule has 2 rings (SSSR count). The second kappa shape index (κ2) is 5.55. The van der Waals surface area contributed by atoms with Gasteiger partial charge in [0, 0.05) is 31.1 Å². The Bertz CT molecular complexity index is 194. The third kappa shape index (κ3) is 3.36. The number of thioether (sulfide) groups is 1. The number of aliphatic hydroxyl groups excluding tert-OH is 1. The van der Waals surface area contributed by atoms with Crippen LogP contribution in [-0.2, 0) is 0 Å².